The molecule has 2 amide bonds. The zero-order chi connectivity index (χ0) is 19.5. The molecule has 2 aromatic carbocycles. The number of ether oxygens (including phenoxy) is 2. The van der Waals surface area contributed by atoms with E-state index in [2.05, 4.69) is 25.1 Å². The minimum absolute atomic E-state index is 0.0369. The SMILES string of the molecule is Cc1cccc(CCC(=O)N2CCN(C(=O)c3ccc4c(c3)OCO4)CC2)c1. The number of fused-ring (bicyclic) bond motifs is 1. The Morgan fingerprint density at radius 3 is 2.46 bits per heavy atom. The van der Waals surface area contributed by atoms with Gasteiger partial charge in [0.1, 0.15) is 0 Å². The van der Waals surface area contributed by atoms with Crippen molar-refractivity contribution in [3.8, 4) is 11.5 Å². The van der Waals surface area contributed by atoms with Gasteiger partial charge in [-0.1, -0.05) is 29.8 Å². The Morgan fingerprint density at radius 1 is 0.929 bits per heavy atom. The van der Waals surface area contributed by atoms with Crippen LogP contribution in [0.5, 0.6) is 11.5 Å². The van der Waals surface area contributed by atoms with Gasteiger partial charge < -0.3 is 19.3 Å². The van der Waals surface area contributed by atoms with Crippen LogP contribution in [0.25, 0.3) is 0 Å². The maximum absolute atomic E-state index is 12.7. The van der Waals surface area contributed by atoms with Crippen LogP contribution in [0.1, 0.15) is 27.9 Å². The molecule has 4 rings (SSSR count). The lowest BCUT2D eigenvalue weighted by molar-refractivity contribution is -0.132. The number of nitrogens with zero attached hydrogens (tertiary/aromatic N) is 2. The summed E-state index contributed by atoms with van der Waals surface area (Å²) in [6, 6.07) is 13.5. The fraction of sp³-hybridized carbons (Fsp3) is 0.364. The van der Waals surface area contributed by atoms with Crippen LogP contribution in [0.15, 0.2) is 42.5 Å². The second-order valence-corrected chi connectivity index (χ2v) is 7.23. The van der Waals surface area contributed by atoms with Crippen molar-refractivity contribution >= 4 is 11.8 Å². The maximum atomic E-state index is 12.7. The van der Waals surface area contributed by atoms with E-state index < -0.39 is 0 Å². The first kappa shape index (κ1) is 18.3. The first-order valence-corrected chi connectivity index (χ1v) is 9.62. The summed E-state index contributed by atoms with van der Waals surface area (Å²) in [6.07, 6.45) is 1.25. The molecule has 1 saturated heterocycles. The molecular formula is C22H24N2O4. The Kier molecular flexibility index (Phi) is 5.19. The Morgan fingerprint density at radius 2 is 1.68 bits per heavy atom. The molecule has 2 aromatic rings. The van der Waals surface area contributed by atoms with Crippen LogP contribution in [0.2, 0.25) is 0 Å². The number of hydrogen-bond donors (Lipinski definition) is 0. The van der Waals surface area contributed by atoms with Crippen LogP contribution in [0, 0.1) is 6.92 Å². The summed E-state index contributed by atoms with van der Waals surface area (Å²) in [5, 5.41) is 0. The summed E-state index contributed by atoms with van der Waals surface area (Å²) in [7, 11) is 0. The average Bonchev–Trinajstić information content (AvgIpc) is 3.19. The fourth-order valence-corrected chi connectivity index (χ4v) is 3.65. The molecule has 0 N–H and O–H groups in total. The zero-order valence-electron chi connectivity index (χ0n) is 16.0. The normalized spacial score (nSPS) is 15.6. The van der Waals surface area contributed by atoms with Gasteiger partial charge in [0, 0.05) is 38.2 Å². The Labute approximate surface area is 164 Å². The van der Waals surface area contributed by atoms with Crippen molar-refractivity contribution < 1.29 is 19.1 Å². The third kappa shape index (κ3) is 3.96. The average molecular weight is 380 g/mol. The molecule has 146 valence electrons. The van der Waals surface area contributed by atoms with Crippen molar-refractivity contribution in [2.45, 2.75) is 19.8 Å². The summed E-state index contributed by atoms with van der Waals surface area (Å²) < 4.78 is 10.6. The second-order valence-electron chi connectivity index (χ2n) is 7.23. The van der Waals surface area contributed by atoms with Crippen LogP contribution < -0.4 is 9.47 Å². The van der Waals surface area contributed by atoms with E-state index in [-0.39, 0.29) is 18.6 Å². The fourth-order valence-electron chi connectivity index (χ4n) is 3.65. The number of benzene rings is 2. The number of rotatable bonds is 4. The van der Waals surface area contributed by atoms with Gasteiger partial charge >= 0.3 is 0 Å². The van der Waals surface area contributed by atoms with Gasteiger partial charge in [0.2, 0.25) is 12.7 Å². The summed E-state index contributed by atoms with van der Waals surface area (Å²) in [5.74, 6) is 1.39. The predicted octanol–water partition coefficient (Wildman–Crippen LogP) is 2.64. The standard InChI is InChI=1S/C22H24N2O4/c1-16-3-2-4-17(13-16)5-8-21(25)23-9-11-24(12-10-23)22(26)18-6-7-19-20(14-18)28-15-27-19/h2-4,6-7,13-14H,5,8-12,15H2,1H3. The number of carbonyl (C=O) groups excluding carboxylic acids is 2. The molecule has 0 saturated carbocycles. The van der Waals surface area contributed by atoms with E-state index in [1.807, 2.05) is 11.0 Å². The first-order valence-electron chi connectivity index (χ1n) is 9.62. The molecule has 0 radical (unpaired) electrons. The van der Waals surface area contributed by atoms with E-state index in [1.54, 1.807) is 23.1 Å². The molecular weight excluding hydrogens is 356 g/mol. The number of aryl methyl sites for hydroxylation is 2. The summed E-state index contributed by atoms with van der Waals surface area (Å²) in [5.41, 5.74) is 2.98. The van der Waals surface area contributed by atoms with Crippen LogP contribution in [0.4, 0.5) is 0 Å². The third-order valence-electron chi connectivity index (χ3n) is 5.25. The van der Waals surface area contributed by atoms with Crippen molar-refractivity contribution in [1.29, 1.82) is 0 Å². The van der Waals surface area contributed by atoms with Crippen molar-refractivity contribution in [3.05, 3.63) is 59.2 Å². The Balaban J connectivity index is 1.29. The lowest BCUT2D eigenvalue weighted by atomic mass is 10.1. The van der Waals surface area contributed by atoms with E-state index >= 15 is 0 Å². The number of hydrogen-bond acceptors (Lipinski definition) is 4. The Bertz CT molecular complexity index is 888. The van der Waals surface area contributed by atoms with Crippen LogP contribution >= 0.6 is 0 Å². The molecule has 28 heavy (non-hydrogen) atoms. The summed E-state index contributed by atoms with van der Waals surface area (Å²) >= 11 is 0. The van der Waals surface area contributed by atoms with E-state index in [1.165, 1.54) is 11.1 Å². The molecule has 2 heterocycles. The minimum Gasteiger partial charge on any atom is -0.454 e. The van der Waals surface area contributed by atoms with E-state index in [0.29, 0.717) is 49.7 Å². The van der Waals surface area contributed by atoms with Gasteiger partial charge in [-0.25, -0.2) is 0 Å². The van der Waals surface area contributed by atoms with E-state index in [9.17, 15) is 9.59 Å². The van der Waals surface area contributed by atoms with Crippen molar-refractivity contribution in [2.24, 2.45) is 0 Å². The molecule has 0 aliphatic carbocycles. The van der Waals surface area contributed by atoms with Gasteiger partial charge in [0.15, 0.2) is 11.5 Å². The highest BCUT2D eigenvalue weighted by Crippen LogP contribution is 2.32. The molecule has 0 aromatic heterocycles. The molecule has 0 spiro atoms. The summed E-state index contributed by atoms with van der Waals surface area (Å²) in [4.78, 5) is 28.9. The predicted molar refractivity (Wildman–Crippen MR) is 105 cm³/mol. The smallest absolute Gasteiger partial charge is 0.254 e. The molecule has 0 bridgehead atoms. The minimum atomic E-state index is -0.0369. The van der Waals surface area contributed by atoms with Crippen LogP contribution in [-0.4, -0.2) is 54.6 Å². The van der Waals surface area contributed by atoms with E-state index in [4.69, 9.17) is 9.47 Å². The number of piperazine rings is 1. The highest BCUT2D eigenvalue weighted by atomic mass is 16.7. The van der Waals surface area contributed by atoms with Gasteiger partial charge in [-0.15, -0.1) is 0 Å². The molecule has 1 fully saturated rings. The van der Waals surface area contributed by atoms with Gasteiger partial charge in [-0.2, -0.15) is 0 Å². The van der Waals surface area contributed by atoms with Gasteiger partial charge in [-0.05, 0) is 37.1 Å². The molecule has 6 nitrogen and oxygen atoms in total. The highest BCUT2D eigenvalue weighted by Gasteiger charge is 2.26. The lowest BCUT2D eigenvalue weighted by Gasteiger charge is -2.35. The maximum Gasteiger partial charge on any atom is 0.254 e. The molecule has 0 atom stereocenters. The van der Waals surface area contributed by atoms with Crippen molar-refractivity contribution in [2.75, 3.05) is 33.0 Å². The zero-order valence-corrected chi connectivity index (χ0v) is 16.0. The van der Waals surface area contributed by atoms with E-state index in [0.717, 1.165) is 6.42 Å². The van der Waals surface area contributed by atoms with Crippen molar-refractivity contribution in [3.63, 3.8) is 0 Å². The van der Waals surface area contributed by atoms with Crippen molar-refractivity contribution in [1.82, 2.24) is 9.80 Å². The monoisotopic (exact) mass is 380 g/mol. The van der Waals surface area contributed by atoms with Crippen LogP contribution in [-0.2, 0) is 11.2 Å². The third-order valence-corrected chi connectivity index (χ3v) is 5.25. The largest absolute Gasteiger partial charge is 0.454 e. The molecule has 2 aliphatic heterocycles. The lowest BCUT2D eigenvalue weighted by Crippen LogP contribution is -2.50. The highest BCUT2D eigenvalue weighted by molar-refractivity contribution is 5.95. The van der Waals surface area contributed by atoms with Gasteiger partial charge in [0.05, 0.1) is 0 Å². The van der Waals surface area contributed by atoms with Crippen LogP contribution in [0.3, 0.4) is 0 Å². The quantitative estimate of drug-likeness (QED) is 0.818. The second kappa shape index (κ2) is 7.92. The molecule has 6 heteroatoms. The van der Waals surface area contributed by atoms with Gasteiger partial charge in [-0.3, -0.25) is 9.59 Å². The molecule has 2 aliphatic rings. The van der Waals surface area contributed by atoms with Gasteiger partial charge in [0.25, 0.3) is 5.91 Å². The molecule has 0 unspecified atom stereocenters. The number of amides is 2. The topological polar surface area (TPSA) is 59.1 Å². The summed E-state index contributed by atoms with van der Waals surface area (Å²) in [6.45, 7) is 4.48. The Hall–Kier alpha value is -3.02. The number of carbonyl (C=O) groups is 2. The first-order chi connectivity index (χ1) is 13.6.